The SMILES string of the molecule is C=C(C)[C@@H](N)C1(NC(=O)OCc2ccccc2)CC1.Cl. The summed E-state index contributed by atoms with van der Waals surface area (Å²) >= 11 is 0. The predicted octanol–water partition coefficient (Wildman–Crippen LogP) is 2.77. The Morgan fingerprint density at radius 3 is 2.55 bits per heavy atom. The molecule has 1 fully saturated rings. The van der Waals surface area contributed by atoms with Gasteiger partial charge in [0.15, 0.2) is 0 Å². The molecule has 1 aliphatic carbocycles. The topological polar surface area (TPSA) is 64.3 Å². The molecular weight excluding hydrogens is 276 g/mol. The first-order valence-corrected chi connectivity index (χ1v) is 6.43. The second-order valence-corrected chi connectivity index (χ2v) is 5.17. The van der Waals surface area contributed by atoms with Gasteiger partial charge in [-0.1, -0.05) is 42.5 Å². The molecule has 2 rings (SSSR count). The van der Waals surface area contributed by atoms with Crippen molar-refractivity contribution in [2.75, 3.05) is 0 Å². The largest absolute Gasteiger partial charge is 0.445 e. The van der Waals surface area contributed by atoms with E-state index in [1.54, 1.807) is 0 Å². The smallest absolute Gasteiger partial charge is 0.407 e. The minimum Gasteiger partial charge on any atom is -0.445 e. The Bertz CT molecular complexity index is 472. The number of hydrogen-bond acceptors (Lipinski definition) is 3. The van der Waals surface area contributed by atoms with Crippen molar-refractivity contribution < 1.29 is 9.53 Å². The molecule has 0 radical (unpaired) electrons. The van der Waals surface area contributed by atoms with Crippen molar-refractivity contribution in [2.45, 2.75) is 38.0 Å². The van der Waals surface area contributed by atoms with E-state index in [1.165, 1.54) is 0 Å². The van der Waals surface area contributed by atoms with Gasteiger partial charge in [0.25, 0.3) is 0 Å². The van der Waals surface area contributed by atoms with Crippen LogP contribution < -0.4 is 11.1 Å². The number of hydrogen-bond donors (Lipinski definition) is 2. The molecule has 110 valence electrons. The van der Waals surface area contributed by atoms with Crippen molar-refractivity contribution in [1.82, 2.24) is 5.32 Å². The number of carbonyl (C=O) groups excluding carboxylic acids is 1. The standard InChI is InChI=1S/C15H20N2O2.ClH/c1-11(2)13(16)15(8-9-15)17-14(18)19-10-12-6-4-3-5-7-12;/h3-7,13H,1,8-10,16H2,2H3,(H,17,18);1H/t13-;/m1./s1. The summed E-state index contributed by atoms with van der Waals surface area (Å²) in [7, 11) is 0. The van der Waals surface area contributed by atoms with Crippen molar-refractivity contribution in [3.05, 3.63) is 48.0 Å². The predicted molar refractivity (Wildman–Crippen MR) is 81.8 cm³/mol. The highest BCUT2D eigenvalue weighted by atomic mass is 35.5. The van der Waals surface area contributed by atoms with E-state index in [4.69, 9.17) is 10.5 Å². The van der Waals surface area contributed by atoms with Crippen molar-refractivity contribution in [3.8, 4) is 0 Å². The van der Waals surface area contributed by atoms with Crippen LogP contribution in [0.1, 0.15) is 25.3 Å². The summed E-state index contributed by atoms with van der Waals surface area (Å²) in [4.78, 5) is 11.8. The molecule has 0 heterocycles. The van der Waals surface area contributed by atoms with Gasteiger partial charge in [-0.3, -0.25) is 0 Å². The van der Waals surface area contributed by atoms with Gasteiger partial charge in [0.1, 0.15) is 6.61 Å². The molecule has 20 heavy (non-hydrogen) atoms. The summed E-state index contributed by atoms with van der Waals surface area (Å²) in [6.45, 7) is 5.99. The highest BCUT2D eigenvalue weighted by molar-refractivity contribution is 5.85. The number of halogens is 1. The summed E-state index contributed by atoms with van der Waals surface area (Å²) in [6, 6.07) is 9.37. The van der Waals surface area contributed by atoms with Crippen molar-refractivity contribution >= 4 is 18.5 Å². The third kappa shape index (κ3) is 3.99. The van der Waals surface area contributed by atoms with Crippen LogP contribution in [-0.4, -0.2) is 17.7 Å². The number of carbonyl (C=O) groups is 1. The molecule has 1 aliphatic rings. The molecule has 1 saturated carbocycles. The molecule has 0 spiro atoms. The van der Waals surface area contributed by atoms with Gasteiger partial charge in [-0.05, 0) is 25.3 Å². The van der Waals surface area contributed by atoms with Gasteiger partial charge in [0.05, 0.1) is 5.54 Å². The average molecular weight is 297 g/mol. The van der Waals surface area contributed by atoms with Crippen LogP contribution in [-0.2, 0) is 11.3 Å². The Labute approximate surface area is 125 Å². The molecule has 1 amide bonds. The van der Waals surface area contributed by atoms with Gasteiger partial charge in [0.2, 0.25) is 0 Å². The van der Waals surface area contributed by atoms with Crippen molar-refractivity contribution in [2.24, 2.45) is 5.73 Å². The molecular formula is C15H21ClN2O2. The van der Waals surface area contributed by atoms with Gasteiger partial charge < -0.3 is 15.8 Å². The first-order valence-electron chi connectivity index (χ1n) is 6.43. The average Bonchev–Trinajstić information content (AvgIpc) is 3.17. The Kier molecular flexibility index (Phi) is 5.60. The maximum absolute atomic E-state index is 11.8. The number of nitrogens with two attached hydrogens (primary N) is 1. The van der Waals surface area contributed by atoms with E-state index in [9.17, 15) is 4.79 Å². The van der Waals surface area contributed by atoms with E-state index in [2.05, 4.69) is 11.9 Å². The number of nitrogens with one attached hydrogen (secondary N) is 1. The van der Waals surface area contributed by atoms with Crippen LogP contribution in [0.25, 0.3) is 0 Å². The van der Waals surface area contributed by atoms with Gasteiger partial charge >= 0.3 is 6.09 Å². The summed E-state index contributed by atoms with van der Waals surface area (Å²) in [5.41, 5.74) is 7.54. The zero-order chi connectivity index (χ0) is 13.9. The fourth-order valence-electron chi connectivity index (χ4n) is 2.08. The number of ether oxygens (including phenoxy) is 1. The molecule has 3 N–H and O–H groups in total. The Balaban J connectivity index is 0.00000200. The van der Waals surface area contributed by atoms with Crippen LogP contribution in [0, 0.1) is 0 Å². The lowest BCUT2D eigenvalue weighted by molar-refractivity contribution is 0.133. The van der Waals surface area contributed by atoms with E-state index in [0.717, 1.165) is 24.0 Å². The summed E-state index contributed by atoms with van der Waals surface area (Å²) in [5.74, 6) is 0. The van der Waals surface area contributed by atoms with Crippen LogP contribution >= 0.6 is 12.4 Å². The Hall–Kier alpha value is -1.52. The highest BCUT2D eigenvalue weighted by Gasteiger charge is 2.49. The van der Waals surface area contributed by atoms with E-state index in [-0.39, 0.29) is 30.6 Å². The van der Waals surface area contributed by atoms with E-state index in [0.29, 0.717) is 0 Å². The molecule has 0 unspecified atom stereocenters. The number of amides is 1. The fraction of sp³-hybridized carbons (Fsp3) is 0.400. The van der Waals surface area contributed by atoms with Crippen LogP contribution in [0.2, 0.25) is 0 Å². The van der Waals surface area contributed by atoms with Gasteiger partial charge in [0, 0.05) is 6.04 Å². The summed E-state index contributed by atoms with van der Waals surface area (Å²) in [6.07, 6.45) is 1.33. The zero-order valence-corrected chi connectivity index (χ0v) is 12.4. The second kappa shape index (κ2) is 6.77. The molecule has 1 aromatic rings. The monoisotopic (exact) mass is 296 g/mol. The normalized spacial score (nSPS) is 16.5. The number of alkyl carbamates (subject to hydrolysis) is 1. The lowest BCUT2D eigenvalue weighted by atomic mass is 10.0. The quantitative estimate of drug-likeness (QED) is 0.821. The van der Waals surface area contributed by atoms with Crippen LogP contribution in [0.15, 0.2) is 42.5 Å². The van der Waals surface area contributed by atoms with E-state index in [1.807, 2.05) is 37.3 Å². The lowest BCUT2D eigenvalue weighted by Crippen LogP contribution is -2.50. The van der Waals surface area contributed by atoms with E-state index < -0.39 is 6.09 Å². The number of benzene rings is 1. The maximum Gasteiger partial charge on any atom is 0.407 e. The Morgan fingerprint density at radius 1 is 1.45 bits per heavy atom. The minimum atomic E-state index is -0.418. The molecule has 0 bridgehead atoms. The minimum absolute atomic E-state index is 0. The third-order valence-electron chi connectivity index (χ3n) is 3.48. The molecule has 0 aliphatic heterocycles. The van der Waals surface area contributed by atoms with Gasteiger partial charge in [-0.25, -0.2) is 4.79 Å². The Morgan fingerprint density at radius 2 is 2.05 bits per heavy atom. The van der Waals surface area contributed by atoms with Crippen LogP contribution in [0.3, 0.4) is 0 Å². The van der Waals surface area contributed by atoms with Crippen LogP contribution in [0.5, 0.6) is 0 Å². The van der Waals surface area contributed by atoms with Gasteiger partial charge in [-0.2, -0.15) is 0 Å². The third-order valence-corrected chi connectivity index (χ3v) is 3.48. The first kappa shape index (κ1) is 16.5. The van der Waals surface area contributed by atoms with E-state index >= 15 is 0 Å². The zero-order valence-electron chi connectivity index (χ0n) is 11.6. The molecule has 0 saturated heterocycles. The molecule has 5 heteroatoms. The molecule has 1 atom stereocenters. The van der Waals surface area contributed by atoms with Crippen molar-refractivity contribution in [3.63, 3.8) is 0 Å². The highest BCUT2D eigenvalue weighted by Crippen LogP contribution is 2.40. The van der Waals surface area contributed by atoms with Crippen molar-refractivity contribution in [1.29, 1.82) is 0 Å². The van der Waals surface area contributed by atoms with Crippen LogP contribution in [0.4, 0.5) is 4.79 Å². The first-order chi connectivity index (χ1) is 9.03. The molecule has 0 aromatic heterocycles. The second-order valence-electron chi connectivity index (χ2n) is 5.17. The summed E-state index contributed by atoms with van der Waals surface area (Å²) in [5, 5.41) is 2.87. The molecule has 1 aromatic carbocycles. The lowest BCUT2D eigenvalue weighted by Gasteiger charge is -2.24. The number of rotatable bonds is 5. The molecule has 4 nitrogen and oxygen atoms in total. The van der Waals surface area contributed by atoms with Gasteiger partial charge in [-0.15, -0.1) is 12.4 Å². The fourth-order valence-corrected chi connectivity index (χ4v) is 2.08. The maximum atomic E-state index is 11.8. The summed E-state index contributed by atoms with van der Waals surface area (Å²) < 4.78 is 5.20.